The second-order valence-corrected chi connectivity index (χ2v) is 4.50. The highest BCUT2D eigenvalue weighted by atomic mass is 19.1. The van der Waals surface area contributed by atoms with Gasteiger partial charge in [0.2, 0.25) is 0 Å². The Labute approximate surface area is 107 Å². The molecule has 0 spiro atoms. The monoisotopic (exact) mass is 257 g/mol. The van der Waals surface area contributed by atoms with E-state index >= 15 is 0 Å². The molecular formula is C14H21F2NO. The lowest BCUT2D eigenvalue weighted by Gasteiger charge is -2.36. The largest absolute Gasteiger partial charge is 0.377 e. The Hall–Kier alpha value is -1.00. The second kappa shape index (κ2) is 6.25. The first-order chi connectivity index (χ1) is 8.50. The molecule has 2 atom stereocenters. The first-order valence-electron chi connectivity index (χ1n) is 6.22. The summed E-state index contributed by atoms with van der Waals surface area (Å²) in [4.78, 5) is 0. The molecule has 0 heterocycles. The summed E-state index contributed by atoms with van der Waals surface area (Å²) in [6, 6.07) is 3.40. The van der Waals surface area contributed by atoms with Gasteiger partial charge >= 0.3 is 0 Å². The zero-order valence-corrected chi connectivity index (χ0v) is 11.4. The minimum Gasteiger partial charge on any atom is -0.377 e. The predicted molar refractivity (Wildman–Crippen MR) is 68.5 cm³/mol. The summed E-state index contributed by atoms with van der Waals surface area (Å²) in [7, 11) is 1.56. The van der Waals surface area contributed by atoms with Crippen molar-refractivity contribution in [2.24, 2.45) is 0 Å². The Morgan fingerprint density at radius 2 is 1.83 bits per heavy atom. The van der Waals surface area contributed by atoms with Crippen molar-refractivity contribution in [1.82, 2.24) is 5.32 Å². The summed E-state index contributed by atoms with van der Waals surface area (Å²) in [6.45, 7) is 6.30. The van der Waals surface area contributed by atoms with Gasteiger partial charge in [-0.05, 0) is 32.0 Å². The average molecular weight is 257 g/mol. The van der Waals surface area contributed by atoms with Gasteiger partial charge in [-0.2, -0.15) is 0 Å². The number of rotatable bonds is 6. The molecule has 0 amide bonds. The van der Waals surface area contributed by atoms with Crippen molar-refractivity contribution in [2.75, 3.05) is 13.7 Å². The number of likely N-dealkylation sites (N-methyl/N-ethyl adjacent to an activating group) is 1. The van der Waals surface area contributed by atoms with Gasteiger partial charge in [0.1, 0.15) is 11.6 Å². The van der Waals surface area contributed by atoms with Gasteiger partial charge in [0, 0.05) is 12.7 Å². The molecule has 102 valence electrons. The standard InChI is InChI=1S/C14H21F2NO/c1-5-14(3,18-4)13(17-6-2)12-10(15)8-7-9-11(12)16/h7-9,13,17H,5-6H2,1-4H3. The number of methoxy groups -OCH3 is 1. The van der Waals surface area contributed by atoms with E-state index in [0.717, 1.165) is 0 Å². The fourth-order valence-electron chi connectivity index (χ4n) is 2.08. The lowest BCUT2D eigenvalue weighted by Crippen LogP contribution is -2.43. The summed E-state index contributed by atoms with van der Waals surface area (Å²) in [6.07, 6.45) is 0.648. The zero-order valence-electron chi connectivity index (χ0n) is 11.4. The minimum atomic E-state index is -0.654. The molecule has 0 saturated heterocycles. The Balaban J connectivity index is 3.28. The Kier molecular flexibility index (Phi) is 5.23. The van der Waals surface area contributed by atoms with Crippen LogP contribution in [0.5, 0.6) is 0 Å². The molecule has 0 aliphatic rings. The fourth-order valence-corrected chi connectivity index (χ4v) is 2.08. The molecule has 2 unspecified atom stereocenters. The second-order valence-electron chi connectivity index (χ2n) is 4.50. The quantitative estimate of drug-likeness (QED) is 0.843. The topological polar surface area (TPSA) is 21.3 Å². The van der Waals surface area contributed by atoms with Gasteiger partial charge in [-0.3, -0.25) is 0 Å². The van der Waals surface area contributed by atoms with Crippen molar-refractivity contribution >= 4 is 0 Å². The molecule has 0 aliphatic carbocycles. The number of ether oxygens (including phenoxy) is 1. The maximum Gasteiger partial charge on any atom is 0.131 e. The maximum atomic E-state index is 13.9. The van der Waals surface area contributed by atoms with E-state index in [1.54, 1.807) is 7.11 Å². The van der Waals surface area contributed by atoms with Crippen LogP contribution in [0.25, 0.3) is 0 Å². The molecule has 0 aliphatic heterocycles. The van der Waals surface area contributed by atoms with Crippen LogP contribution in [-0.2, 0) is 4.74 Å². The summed E-state index contributed by atoms with van der Waals surface area (Å²) in [5.41, 5.74) is -0.607. The van der Waals surface area contributed by atoms with Gasteiger partial charge in [-0.15, -0.1) is 0 Å². The first kappa shape index (κ1) is 15.1. The van der Waals surface area contributed by atoms with Crippen LogP contribution in [0.3, 0.4) is 0 Å². The van der Waals surface area contributed by atoms with Crippen LogP contribution in [0.2, 0.25) is 0 Å². The van der Waals surface area contributed by atoms with E-state index in [0.29, 0.717) is 13.0 Å². The highest BCUT2D eigenvalue weighted by molar-refractivity contribution is 5.26. The summed E-state index contributed by atoms with van der Waals surface area (Å²) in [5.74, 6) is -1.09. The lowest BCUT2D eigenvalue weighted by atomic mass is 9.87. The van der Waals surface area contributed by atoms with Crippen molar-refractivity contribution in [1.29, 1.82) is 0 Å². The van der Waals surface area contributed by atoms with Crippen molar-refractivity contribution < 1.29 is 13.5 Å². The third kappa shape index (κ3) is 2.87. The van der Waals surface area contributed by atoms with Crippen LogP contribution in [0.4, 0.5) is 8.78 Å². The molecule has 1 aromatic carbocycles. The molecular weight excluding hydrogens is 236 g/mol. The van der Waals surface area contributed by atoms with Gasteiger partial charge in [0.25, 0.3) is 0 Å². The van der Waals surface area contributed by atoms with E-state index in [9.17, 15) is 8.78 Å². The van der Waals surface area contributed by atoms with E-state index in [-0.39, 0.29) is 5.56 Å². The normalized spacial score (nSPS) is 16.3. The van der Waals surface area contributed by atoms with Gasteiger partial charge in [0.05, 0.1) is 11.6 Å². The lowest BCUT2D eigenvalue weighted by molar-refractivity contribution is -0.0313. The van der Waals surface area contributed by atoms with Crippen LogP contribution < -0.4 is 5.32 Å². The molecule has 0 aromatic heterocycles. The minimum absolute atomic E-state index is 0.0468. The highest BCUT2D eigenvalue weighted by Gasteiger charge is 2.36. The van der Waals surface area contributed by atoms with E-state index < -0.39 is 23.3 Å². The average Bonchev–Trinajstić information content (AvgIpc) is 2.36. The van der Waals surface area contributed by atoms with E-state index in [1.165, 1.54) is 18.2 Å². The van der Waals surface area contributed by atoms with Crippen molar-refractivity contribution in [3.8, 4) is 0 Å². The molecule has 1 aromatic rings. The molecule has 0 radical (unpaired) electrons. The van der Waals surface area contributed by atoms with Crippen molar-refractivity contribution in [3.05, 3.63) is 35.4 Å². The zero-order chi connectivity index (χ0) is 13.8. The van der Waals surface area contributed by atoms with Gasteiger partial charge in [0.15, 0.2) is 0 Å². The smallest absolute Gasteiger partial charge is 0.131 e. The fraction of sp³-hybridized carbons (Fsp3) is 0.571. The maximum absolute atomic E-state index is 13.9. The summed E-state index contributed by atoms with van der Waals surface area (Å²) < 4.78 is 33.3. The molecule has 18 heavy (non-hydrogen) atoms. The highest BCUT2D eigenvalue weighted by Crippen LogP contribution is 2.34. The van der Waals surface area contributed by atoms with Crippen LogP contribution >= 0.6 is 0 Å². The van der Waals surface area contributed by atoms with Crippen LogP contribution in [0, 0.1) is 11.6 Å². The summed E-state index contributed by atoms with van der Waals surface area (Å²) >= 11 is 0. The molecule has 1 rings (SSSR count). The van der Waals surface area contributed by atoms with E-state index in [2.05, 4.69) is 5.32 Å². The SMILES string of the molecule is CCNC(c1c(F)cccc1F)C(C)(CC)OC. The van der Waals surface area contributed by atoms with Gasteiger partial charge < -0.3 is 10.1 Å². The number of halogens is 2. The van der Waals surface area contributed by atoms with Crippen LogP contribution in [0.1, 0.15) is 38.8 Å². The number of hydrogen-bond acceptors (Lipinski definition) is 2. The van der Waals surface area contributed by atoms with Crippen molar-refractivity contribution in [3.63, 3.8) is 0 Å². The number of benzene rings is 1. The predicted octanol–water partition coefficient (Wildman–Crippen LogP) is 3.43. The van der Waals surface area contributed by atoms with Crippen LogP contribution in [0.15, 0.2) is 18.2 Å². The summed E-state index contributed by atoms with van der Waals surface area (Å²) in [5, 5.41) is 3.12. The molecule has 0 fully saturated rings. The third-order valence-corrected chi connectivity index (χ3v) is 3.48. The Morgan fingerprint density at radius 3 is 2.22 bits per heavy atom. The molecule has 0 bridgehead atoms. The van der Waals surface area contributed by atoms with E-state index in [4.69, 9.17) is 4.74 Å². The van der Waals surface area contributed by atoms with Crippen molar-refractivity contribution in [2.45, 2.75) is 38.8 Å². The van der Waals surface area contributed by atoms with Gasteiger partial charge in [-0.1, -0.05) is 19.9 Å². The number of hydrogen-bond donors (Lipinski definition) is 1. The Bertz CT molecular complexity index is 371. The van der Waals surface area contributed by atoms with E-state index in [1.807, 2.05) is 20.8 Å². The molecule has 4 heteroatoms. The molecule has 1 N–H and O–H groups in total. The van der Waals surface area contributed by atoms with Crippen LogP contribution in [-0.4, -0.2) is 19.3 Å². The van der Waals surface area contributed by atoms with Gasteiger partial charge in [-0.25, -0.2) is 8.78 Å². The molecule has 0 saturated carbocycles. The Morgan fingerprint density at radius 1 is 1.28 bits per heavy atom. The first-order valence-corrected chi connectivity index (χ1v) is 6.22. The molecule has 2 nitrogen and oxygen atoms in total. The number of nitrogens with one attached hydrogen (secondary N) is 1. The third-order valence-electron chi connectivity index (χ3n) is 3.48.